The highest BCUT2D eigenvalue weighted by molar-refractivity contribution is 7.99. The molecule has 1 aromatic heterocycles. The highest BCUT2D eigenvalue weighted by Gasteiger charge is 2.44. The number of carbonyl (C=O) groups is 2. The minimum atomic E-state index is -0.928. The van der Waals surface area contributed by atoms with Gasteiger partial charge in [-0.15, -0.1) is 0 Å². The van der Waals surface area contributed by atoms with Crippen molar-refractivity contribution in [2.24, 2.45) is 0 Å². The summed E-state index contributed by atoms with van der Waals surface area (Å²) in [6, 6.07) is 3.38. The second-order valence-electron chi connectivity index (χ2n) is 6.19. The summed E-state index contributed by atoms with van der Waals surface area (Å²) in [5.41, 5.74) is -0.563. The first-order valence-corrected chi connectivity index (χ1v) is 9.40. The van der Waals surface area contributed by atoms with Crippen LogP contribution in [0.15, 0.2) is 18.3 Å². The van der Waals surface area contributed by atoms with Crippen LogP contribution in [0.2, 0.25) is 0 Å². The lowest BCUT2D eigenvalue weighted by Gasteiger charge is -2.27. The van der Waals surface area contributed by atoms with Crippen molar-refractivity contribution in [3.63, 3.8) is 0 Å². The molecule has 1 aromatic rings. The zero-order chi connectivity index (χ0) is 17.0. The lowest BCUT2D eigenvalue weighted by Crippen LogP contribution is -2.53. The fourth-order valence-electron chi connectivity index (χ4n) is 3.26. The minimum absolute atomic E-state index is 0.0810. The smallest absolute Gasteiger partial charge is 0.331 e. The van der Waals surface area contributed by atoms with Gasteiger partial charge in [-0.3, -0.25) is 4.79 Å². The Balaban J connectivity index is 1.78. The van der Waals surface area contributed by atoms with E-state index in [1.165, 1.54) is 7.11 Å². The second-order valence-corrected chi connectivity index (χ2v) is 7.34. The largest absolute Gasteiger partial charge is 0.473 e. The molecule has 1 atom stereocenters. The van der Waals surface area contributed by atoms with Crippen LogP contribution in [0, 0.1) is 0 Å². The van der Waals surface area contributed by atoms with Gasteiger partial charge in [0.2, 0.25) is 5.88 Å². The van der Waals surface area contributed by atoms with Crippen LogP contribution < -0.4 is 10.1 Å². The Morgan fingerprint density at radius 1 is 1.38 bits per heavy atom. The third-order valence-corrected chi connectivity index (χ3v) is 5.70. The standard InChI is InChI=1S/C17H22N2O4S/c1-22-16(21)17(7-2-3-8-17)19-14(20)13-5-4-9-18-15(13)23-12-6-10-24-11-12/h4-5,9,12H,2-3,6-8,10-11H2,1H3,(H,19,20). The first-order chi connectivity index (χ1) is 11.6. The number of hydrogen-bond acceptors (Lipinski definition) is 6. The molecule has 2 fully saturated rings. The van der Waals surface area contributed by atoms with E-state index in [1.807, 2.05) is 11.8 Å². The fraction of sp³-hybridized carbons (Fsp3) is 0.588. The Morgan fingerprint density at radius 2 is 2.17 bits per heavy atom. The fourth-order valence-corrected chi connectivity index (χ4v) is 4.35. The molecule has 6 nitrogen and oxygen atoms in total. The molecular weight excluding hydrogens is 328 g/mol. The summed E-state index contributed by atoms with van der Waals surface area (Å²) < 4.78 is 10.8. The van der Waals surface area contributed by atoms with E-state index in [0.29, 0.717) is 24.3 Å². The van der Waals surface area contributed by atoms with E-state index in [0.717, 1.165) is 30.8 Å². The number of thioether (sulfide) groups is 1. The van der Waals surface area contributed by atoms with Crippen molar-refractivity contribution in [3.8, 4) is 5.88 Å². The summed E-state index contributed by atoms with van der Waals surface area (Å²) >= 11 is 1.83. The molecule has 3 rings (SSSR count). The van der Waals surface area contributed by atoms with E-state index in [4.69, 9.17) is 9.47 Å². The highest BCUT2D eigenvalue weighted by atomic mass is 32.2. The molecule has 2 heterocycles. The summed E-state index contributed by atoms with van der Waals surface area (Å²) in [6.45, 7) is 0. The molecule has 1 saturated carbocycles. The van der Waals surface area contributed by atoms with Gasteiger partial charge in [-0.2, -0.15) is 11.8 Å². The Morgan fingerprint density at radius 3 is 2.83 bits per heavy atom. The van der Waals surface area contributed by atoms with Crippen molar-refractivity contribution in [2.75, 3.05) is 18.6 Å². The molecule has 1 amide bonds. The van der Waals surface area contributed by atoms with E-state index < -0.39 is 5.54 Å². The van der Waals surface area contributed by atoms with Crippen LogP contribution >= 0.6 is 11.8 Å². The van der Waals surface area contributed by atoms with Crippen molar-refractivity contribution in [1.29, 1.82) is 0 Å². The van der Waals surface area contributed by atoms with Crippen molar-refractivity contribution < 1.29 is 19.1 Å². The quantitative estimate of drug-likeness (QED) is 0.820. The number of esters is 1. The van der Waals surface area contributed by atoms with E-state index in [-0.39, 0.29) is 18.0 Å². The molecule has 7 heteroatoms. The molecule has 1 aliphatic carbocycles. The maximum Gasteiger partial charge on any atom is 0.331 e. The number of hydrogen-bond donors (Lipinski definition) is 1. The predicted molar refractivity (Wildman–Crippen MR) is 91.3 cm³/mol. The van der Waals surface area contributed by atoms with Gasteiger partial charge in [0.1, 0.15) is 17.2 Å². The van der Waals surface area contributed by atoms with Gasteiger partial charge in [-0.1, -0.05) is 12.8 Å². The zero-order valence-electron chi connectivity index (χ0n) is 13.7. The van der Waals surface area contributed by atoms with Gasteiger partial charge < -0.3 is 14.8 Å². The molecule has 0 radical (unpaired) electrons. The minimum Gasteiger partial charge on any atom is -0.473 e. The van der Waals surface area contributed by atoms with Gasteiger partial charge in [0.15, 0.2) is 0 Å². The number of methoxy groups -OCH3 is 1. The molecule has 1 saturated heterocycles. The monoisotopic (exact) mass is 350 g/mol. The van der Waals surface area contributed by atoms with Crippen LogP contribution in [0.25, 0.3) is 0 Å². The van der Waals surface area contributed by atoms with Gasteiger partial charge in [-0.25, -0.2) is 9.78 Å². The SMILES string of the molecule is COC(=O)C1(NC(=O)c2cccnc2OC2CCSC2)CCCC1. The van der Waals surface area contributed by atoms with E-state index in [9.17, 15) is 9.59 Å². The van der Waals surface area contributed by atoms with E-state index in [1.54, 1.807) is 18.3 Å². The molecule has 2 aliphatic rings. The number of pyridine rings is 1. The van der Waals surface area contributed by atoms with Gasteiger partial charge in [0.05, 0.1) is 7.11 Å². The maximum atomic E-state index is 12.8. The Kier molecular flexibility index (Phi) is 5.28. The van der Waals surface area contributed by atoms with Gasteiger partial charge in [-0.05, 0) is 37.1 Å². The first kappa shape index (κ1) is 17.1. The summed E-state index contributed by atoms with van der Waals surface area (Å²) in [7, 11) is 1.35. The van der Waals surface area contributed by atoms with Gasteiger partial charge in [0, 0.05) is 11.9 Å². The van der Waals surface area contributed by atoms with Crippen LogP contribution in [0.1, 0.15) is 42.5 Å². The van der Waals surface area contributed by atoms with Gasteiger partial charge in [0.25, 0.3) is 5.91 Å². The second kappa shape index (κ2) is 7.42. The summed E-state index contributed by atoms with van der Waals surface area (Å²) in [5, 5.41) is 2.89. The zero-order valence-corrected chi connectivity index (χ0v) is 14.6. The third-order valence-electron chi connectivity index (χ3n) is 4.57. The Hall–Kier alpha value is -1.76. The molecule has 1 aliphatic heterocycles. The summed E-state index contributed by atoms with van der Waals surface area (Å²) in [4.78, 5) is 29.2. The van der Waals surface area contributed by atoms with E-state index >= 15 is 0 Å². The molecule has 0 spiro atoms. The van der Waals surface area contributed by atoms with Crippen LogP contribution in [0.3, 0.4) is 0 Å². The molecule has 24 heavy (non-hydrogen) atoms. The Bertz CT molecular complexity index is 610. The molecule has 1 N–H and O–H groups in total. The van der Waals surface area contributed by atoms with Crippen molar-refractivity contribution in [3.05, 3.63) is 23.9 Å². The lowest BCUT2D eigenvalue weighted by atomic mass is 9.97. The average molecular weight is 350 g/mol. The Labute approximate surface area is 145 Å². The normalized spacial score (nSPS) is 22.1. The number of carbonyl (C=O) groups excluding carboxylic acids is 2. The van der Waals surface area contributed by atoms with Crippen LogP contribution in [0.5, 0.6) is 5.88 Å². The maximum absolute atomic E-state index is 12.8. The van der Waals surface area contributed by atoms with E-state index in [2.05, 4.69) is 10.3 Å². The van der Waals surface area contributed by atoms with Crippen molar-refractivity contribution in [2.45, 2.75) is 43.7 Å². The molecular formula is C17H22N2O4S. The number of rotatable bonds is 5. The number of nitrogens with zero attached hydrogens (tertiary/aromatic N) is 1. The lowest BCUT2D eigenvalue weighted by molar-refractivity contribution is -0.148. The van der Waals surface area contributed by atoms with Gasteiger partial charge >= 0.3 is 5.97 Å². The predicted octanol–water partition coefficient (Wildman–Crippen LogP) is 2.18. The van der Waals surface area contributed by atoms with Crippen LogP contribution in [-0.4, -0.2) is 47.1 Å². The molecule has 130 valence electrons. The summed E-state index contributed by atoms with van der Waals surface area (Å²) in [5.74, 6) is 1.58. The van der Waals surface area contributed by atoms with Crippen LogP contribution in [-0.2, 0) is 9.53 Å². The topological polar surface area (TPSA) is 77.5 Å². The third kappa shape index (κ3) is 3.50. The average Bonchev–Trinajstić information content (AvgIpc) is 3.27. The van der Waals surface area contributed by atoms with Crippen molar-refractivity contribution in [1.82, 2.24) is 10.3 Å². The first-order valence-electron chi connectivity index (χ1n) is 8.25. The van der Waals surface area contributed by atoms with Crippen molar-refractivity contribution >= 4 is 23.6 Å². The molecule has 0 aromatic carbocycles. The highest BCUT2D eigenvalue weighted by Crippen LogP contribution is 2.32. The number of amides is 1. The summed E-state index contributed by atoms with van der Waals surface area (Å²) in [6.07, 6.45) is 5.63. The van der Waals surface area contributed by atoms with Crippen LogP contribution in [0.4, 0.5) is 0 Å². The number of aromatic nitrogens is 1. The number of nitrogens with one attached hydrogen (secondary N) is 1. The molecule has 0 bridgehead atoms. The number of ether oxygens (including phenoxy) is 2. The molecule has 1 unspecified atom stereocenters.